The molecule has 2 aromatic rings. The minimum atomic E-state index is -0.0185. The molecule has 0 spiro atoms. The molecule has 1 aliphatic carbocycles. The monoisotopic (exact) mass is 352 g/mol. The Labute approximate surface area is 153 Å². The van der Waals surface area contributed by atoms with Gasteiger partial charge in [-0.15, -0.1) is 0 Å². The molecule has 0 unspecified atom stereocenters. The van der Waals surface area contributed by atoms with E-state index in [2.05, 4.69) is 17.1 Å². The maximum Gasteiger partial charge on any atom is 0.256 e. The summed E-state index contributed by atoms with van der Waals surface area (Å²) in [6, 6.07) is 6.13. The number of rotatable bonds is 2. The lowest BCUT2D eigenvalue weighted by Crippen LogP contribution is -2.34. The number of ketones is 1. The lowest BCUT2D eigenvalue weighted by atomic mass is 9.92. The second-order valence-electron chi connectivity index (χ2n) is 7.18. The molecule has 1 amide bonds. The second-order valence-corrected chi connectivity index (χ2v) is 7.18. The molecular weight excluding hydrogens is 328 g/mol. The van der Waals surface area contributed by atoms with Crippen LogP contribution in [0.25, 0.3) is 0 Å². The van der Waals surface area contributed by atoms with Crippen LogP contribution in [0.1, 0.15) is 56.1 Å². The number of hydrogen-bond acceptors (Lipinski definition) is 3. The fourth-order valence-corrected chi connectivity index (χ4v) is 4.19. The molecule has 2 aliphatic rings. The van der Waals surface area contributed by atoms with Gasteiger partial charge in [-0.25, -0.2) is 0 Å². The van der Waals surface area contributed by atoms with Crippen LogP contribution in [0.15, 0.2) is 18.2 Å². The van der Waals surface area contributed by atoms with Crippen molar-refractivity contribution in [1.29, 1.82) is 0 Å². The number of aryl methyl sites for hydroxylation is 2. The molecule has 1 aromatic heterocycles. The highest BCUT2D eigenvalue weighted by atomic mass is 16.5. The van der Waals surface area contributed by atoms with Crippen molar-refractivity contribution >= 4 is 11.7 Å². The summed E-state index contributed by atoms with van der Waals surface area (Å²) in [6.45, 7) is 3.23. The first-order chi connectivity index (χ1) is 12.6. The summed E-state index contributed by atoms with van der Waals surface area (Å²) in [5, 5.41) is 0. The van der Waals surface area contributed by atoms with Gasteiger partial charge in [-0.1, -0.05) is 6.07 Å². The van der Waals surface area contributed by atoms with E-state index in [1.54, 1.807) is 7.11 Å². The lowest BCUT2D eigenvalue weighted by Gasteiger charge is -2.21. The Morgan fingerprint density at radius 3 is 2.65 bits per heavy atom. The van der Waals surface area contributed by atoms with E-state index >= 15 is 0 Å². The van der Waals surface area contributed by atoms with Crippen LogP contribution in [-0.4, -0.2) is 41.8 Å². The number of carbonyl (C=O) groups excluding carboxylic acids is 2. The van der Waals surface area contributed by atoms with Crippen molar-refractivity contribution in [3.05, 3.63) is 51.8 Å². The molecule has 5 nitrogen and oxygen atoms in total. The smallest absolute Gasteiger partial charge is 0.256 e. The summed E-state index contributed by atoms with van der Waals surface area (Å²) in [5.41, 5.74) is 5.49. The first kappa shape index (κ1) is 16.9. The van der Waals surface area contributed by atoms with Gasteiger partial charge in [-0.05, 0) is 55.9 Å². The predicted octanol–water partition coefficient (Wildman–Crippen LogP) is 3.09. The SMILES string of the molecule is COc1ccc2c(c1)CCN(C(=O)c1c(C)[nH]c3c1C(=O)CCC3)CC2. The molecule has 5 heteroatoms. The first-order valence-corrected chi connectivity index (χ1v) is 9.28. The highest BCUT2D eigenvalue weighted by molar-refractivity contribution is 6.10. The van der Waals surface area contributed by atoms with E-state index in [-0.39, 0.29) is 11.7 Å². The number of amides is 1. The van der Waals surface area contributed by atoms with Crippen LogP contribution in [0.4, 0.5) is 0 Å². The molecule has 26 heavy (non-hydrogen) atoms. The third-order valence-electron chi connectivity index (χ3n) is 5.59. The molecule has 0 fully saturated rings. The van der Waals surface area contributed by atoms with Crippen molar-refractivity contribution in [2.45, 2.75) is 39.0 Å². The van der Waals surface area contributed by atoms with E-state index in [1.807, 2.05) is 17.9 Å². The number of nitrogens with zero attached hydrogens (tertiary/aromatic N) is 1. The summed E-state index contributed by atoms with van der Waals surface area (Å²) < 4.78 is 5.32. The highest BCUT2D eigenvalue weighted by Crippen LogP contribution is 2.29. The lowest BCUT2D eigenvalue weighted by molar-refractivity contribution is 0.0756. The van der Waals surface area contributed by atoms with Gasteiger partial charge in [0.2, 0.25) is 0 Å². The minimum absolute atomic E-state index is 0.0185. The number of hydrogen-bond donors (Lipinski definition) is 1. The van der Waals surface area contributed by atoms with Crippen LogP contribution in [0.3, 0.4) is 0 Å². The molecule has 0 atom stereocenters. The Balaban J connectivity index is 1.61. The predicted molar refractivity (Wildman–Crippen MR) is 99.1 cm³/mol. The minimum Gasteiger partial charge on any atom is -0.497 e. The molecule has 1 aliphatic heterocycles. The zero-order chi connectivity index (χ0) is 18.3. The average molecular weight is 352 g/mol. The molecule has 1 N–H and O–H groups in total. The van der Waals surface area contributed by atoms with Crippen LogP contribution in [-0.2, 0) is 19.3 Å². The largest absolute Gasteiger partial charge is 0.497 e. The fraction of sp³-hybridized carbons (Fsp3) is 0.429. The van der Waals surface area contributed by atoms with E-state index in [0.29, 0.717) is 30.6 Å². The maximum atomic E-state index is 13.3. The number of H-pyrrole nitrogens is 1. The Hall–Kier alpha value is -2.56. The number of fused-ring (bicyclic) bond motifs is 2. The van der Waals surface area contributed by atoms with E-state index in [0.717, 1.165) is 42.8 Å². The van der Waals surface area contributed by atoms with Gasteiger partial charge in [0.15, 0.2) is 5.78 Å². The summed E-state index contributed by atoms with van der Waals surface area (Å²) >= 11 is 0. The normalized spacial score (nSPS) is 16.7. The zero-order valence-electron chi connectivity index (χ0n) is 15.4. The van der Waals surface area contributed by atoms with Gasteiger partial charge in [-0.3, -0.25) is 9.59 Å². The topological polar surface area (TPSA) is 62.4 Å². The summed E-state index contributed by atoms with van der Waals surface area (Å²) in [6.07, 6.45) is 3.87. The molecular formula is C21H24N2O3. The number of Topliss-reactive ketones (excluding diaryl/α,β-unsaturated/α-hetero) is 1. The molecule has 0 saturated heterocycles. The number of aromatic nitrogens is 1. The third-order valence-corrected chi connectivity index (χ3v) is 5.59. The molecule has 0 saturated carbocycles. The van der Waals surface area contributed by atoms with Gasteiger partial charge < -0.3 is 14.6 Å². The standard InChI is InChI=1S/C21H24N2O3/c1-13-19(20-17(22-13)4-3-5-18(20)24)21(25)23-10-8-14-6-7-16(26-2)12-15(14)9-11-23/h6-7,12,22H,3-5,8-11H2,1-2H3. The van der Waals surface area contributed by atoms with Crippen LogP contribution in [0, 0.1) is 6.92 Å². The van der Waals surface area contributed by atoms with Gasteiger partial charge in [0, 0.05) is 30.9 Å². The van der Waals surface area contributed by atoms with Crippen LogP contribution in [0.5, 0.6) is 5.75 Å². The van der Waals surface area contributed by atoms with E-state index in [4.69, 9.17) is 4.74 Å². The number of benzene rings is 1. The second kappa shape index (κ2) is 6.63. The van der Waals surface area contributed by atoms with Crippen LogP contribution < -0.4 is 4.74 Å². The van der Waals surface area contributed by atoms with Gasteiger partial charge in [-0.2, -0.15) is 0 Å². The highest BCUT2D eigenvalue weighted by Gasteiger charge is 2.31. The summed E-state index contributed by atoms with van der Waals surface area (Å²) in [7, 11) is 1.67. The van der Waals surface area contributed by atoms with Gasteiger partial charge in [0.25, 0.3) is 5.91 Å². The Morgan fingerprint density at radius 2 is 1.88 bits per heavy atom. The molecule has 0 bridgehead atoms. The van der Waals surface area contributed by atoms with Crippen molar-refractivity contribution in [3.63, 3.8) is 0 Å². The average Bonchev–Trinajstić information content (AvgIpc) is 2.84. The molecule has 136 valence electrons. The van der Waals surface area contributed by atoms with Gasteiger partial charge >= 0.3 is 0 Å². The Morgan fingerprint density at radius 1 is 1.12 bits per heavy atom. The molecule has 2 heterocycles. The Bertz CT molecular complexity index is 882. The van der Waals surface area contributed by atoms with Crippen LogP contribution >= 0.6 is 0 Å². The maximum absolute atomic E-state index is 13.3. The van der Waals surface area contributed by atoms with Crippen molar-refractivity contribution in [2.24, 2.45) is 0 Å². The molecule has 1 aromatic carbocycles. The Kier molecular flexibility index (Phi) is 4.31. The molecule has 4 rings (SSSR count). The zero-order valence-corrected chi connectivity index (χ0v) is 15.4. The van der Waals surface area contributed by atoms with Crippen molar-refractivity contribution in [1.82, 2.24) is 9.88 Å². The number of ether oxygens (including phenoxy) is 1. The summed E-state index contributed by atoms with van der Waals surface area (Å²) in [4.78, 5) is 30.8. The first-order valence-electron chi connectivity index (χ1n) is 9.28. The van der Waals surface area contributed by atoms with Crippen molar-refractivity contribution in [2.75, 3.05) is 20.2 Å². The van der Waals surface area contributed by atoms with Gasteiger partial charge in [0.05, 0.1) is 18.2 Å². The number of aromatic amines is 1. The van der Waals surface area contributed by atoms with Crippen molar-refractivity contribution in [3.8, 4) is 5.75 Å². The fourth-order valence-electron chi connectivity index (χ4n) is 4.19. The number of methoxy groups -OCH3 is 1. The summed E-state index contributed by atoms with van der Waals surface area (Å²) in [5.74, 6) is 0.932. The number of nitrogens with one attached hydrogen (secondary N) is 1. The third kappa shape index (κ3) is 2.81. The van der Waals surface area contributed by atoms with E-state index in [9.17, 15) is 9.59 Å². The van der Waals surface area contributed by atoms with E-state index < -0.39 is 0 Å². The van der Waals surface area contributed by atoms with Gasteiger partial charge in [0.1, 0.15) is 5.75 Å². The molecule has 0 radical (unpaired) electrons. The van der Waals surface area contributed by atoms with E-state index in [1.165, 1.54) is 11.1 Å². The van der Waals surface area contributed by atoms with Crippen LogP contribution in [0.2, 0.25) is 0 Å². The quantitative estimate of drug-likeness (QED) is 0.903. The van der Waals surface area contributed by atoms with Crippen molar-refractivity contribution < 1.29 is 14.3 Å². The number of carbonyl (C=O) groups is 2.